The van der Waals surface area contributed by atoms with Crippen LogP contribution >= 0.6 is 0 Å². The van der Waals surface area contributed by atoms with E-state index in [1.807, 2.05) is 45.0 Å². The molecule has 0 atom stereocenters. The van der Waals surface area contributed by atoms with Gasteiger partial charge in [0.05, 0.1) is 24.1 Å². The lowest BCUT2D eigenvalue weighted by Crippen LogP contribution is -2.06. The highest BCUT2D eigenvalue weighted by molar-refractivity contribution is 7.97. The molecule has 0 saturated carbocycles. The van der Waals surface area contributed by atoms with Crippen molar-refractivity contribution in [2.24, 2.45) is 0 Å². The maximum atomic E-state index is 11.8. The van der Waals surface area contributed by atoms with Gasteiger partial charge in [0, 0.05) is 12.8 Å². The summed E-state index contributed by atoms with van der Waals surface area (Å²) in [5.41, 5.74) is 1.06. The van der Waals surface area contributed by atoms with Gasteiger partial charge in [0.1, 0.15) is 17.3 Å². The predicted molar refractivity (Wildman–Crippen MR) is 123 cm³/mol. The molecule has 0 aliphatic carbocycles. The Bertz CT molecular complexity index is 882. The number of Topliss-reactive ketones (excluding diaryl/α,β-unsaturated/α-hetero) is 1. The maximum absolute atomic E-state index is 11.8. The molecule has 4 heteroatoms. The van der Waals surface area contributed by atoms with Crippen LogP contribution in [0.15, 0.2) is 87.5 Å². The van der Waals surface area contributed by atoms with Crippen molar-refractivity contribution in [1.82, 2.24) is 0 Å². The zero-order valence-electron chi connectivity index (χ0n) is 17.9. The lowest BCUT2D eigenvalue weighted by Gasteiger charge is -2.10. The van der Waals surface area contributed by atoms with Gasteiger partial charge in [0.15, 0.2) is 14.7 Å². The van der Waals surface area contributed by atoms with Crippen LogP contribution in [-0.2, 0) is 22.1 Å². The van der Waals surface area contributed by atoms with Crippen LogP contribution in [0.3, 0.4) is 0 Å². The van der Waals surface area contributed by atoms with Gasteiger partial charge in [-0.2, -0.15) is 0 Å². The normalized spacial score (nSPS) is 10.8. The van der Waals surface area contributed by atoms with E-state index in [4.69, 9.17) is 9.47 Å². The molecule has 0 radical (unpaired) electrons. The Kier molecular flexibility index (Phi) is 7.97. The molecule has 0 aliphatic rings. The summed E-state index contributed by atoms with van der Waals surface area (Å²) < 4.78 is 11.2. The van der Waals surface area contributed by atoms with Crippen molar-refractivity contribution in [2.75, 3.05) is 13.2 Å². The zero-order valence-corrected chi connectivity index (χ0v) is 18.7. The topological polar surface area (TPSA) is 35.5 Å². The molecule has 156 valence electrons. The molecule has 0 aliphatic heterocycles. The summed E-state index contributed by atoms with van der Waals surface area (Å²) in [6, 6.07) is 25.1. The number of ketones is 1. The quantitative estimate of drug-likeness (QED) is 0.371. The van der Waals surface area contributed by atoms with E-state index in [0.29, 0.717) is 26.1 Å². The molecule has 0 amide bonds. The number of carbonyl (C=O) groups is 1. The van der Waals surface area contributed by atoms with Crippen LogP contribution in [0.5, 0.6) is 11.5 Å². The number of ether oxygens (including phenoxy) is 2. The third kappa shape index (κ3) is 5.67. The van der Waals surface area contributed by atoms with Gasteiger partial charge in [0.2, 0.25) is 0 Å². The van der Waals surface area contributed by atoms with E-state index in [0.717, 1.165) is 17.1 Å². The first-order valence-electron chi connectivity index (χ1n) is 10.4. The summed E-state index contributed by atoms with van der Waals surface area (Å²) in [7, 11) is -0.258. The van der Waals surface area contributed by atoms with Crippen molar-refractivity contribution in [3.8, 4) is 11.5 Å². The number of rotatable bonds is 10. The van der Waals surface area contributed by atoms with Crippen molar-refractivity contribution in [2.45, 2.75) is 48.3 Å². The van der Waals surface area contributed by atoms with E-state index in [1.54, 1.807) is 0 Å². The van der Waals surface area contributed by atoms with Gasteiger partial charge >= 0.3 is 0 Å². The van der Waals surface area contributed by atoms with Crippen LogP contribution in [-0.4, -0.2) is 19.0 Å². The summed E-state index contributed by atoms with van der Waals surface area (Å²) >= 11 is 0. The van der Waals surface area contributed by atoms with Gasteiger partial charge in [-0.25, -0.2) is 0 Å². The Balaban J connectivity index is 1.95. The van der Waals surface area contributed by atoms with E-state index in [-0.39, 0.29) is 16.7 Å². The molecule has 0 fully saturated rings. The lowest BCUT2D eigenvalue weighted by molar-refractivity contribution is -0.118. The molecule has 0 heterocycles. The molecule has 3 nitrogen and oxygen atoms in total. The first kappa shape index (κ1) is 22.0. The van der Waals surface area contributed by atoms with Crippen molar-refractivity contribution in [1.29, 1.82) is 0 Å². The molecule has 3 aromatic rings. The largest absolute Gasteiger partial charge is 0.494 e. The van der Waals surface area contributed by atoms with Gasteiger partial charge < -0.3 is 9.47 Å². The number of hydrogen-bond donors (Lipinski definition) is 0. The molecule has 0 spiro atoms. The van der Waals surface area contributed by atoms with E-state index in [2.05, 4.69) is 48.5 Å². The second-order valence-electron chi connectivity index (χ2n) is 6.83. The number of hydrogen-bond acceptors (Lipinski definition) is 3. The minimum absolute atomic E-state index is 0.258. The second kappa shape index (κ2) is 10.9. The lowest BCUT2D eigenvalue weighted by atomic mass is 10.1. The van der Waals surface area contributed by atoms with Crippen LogP contribution in [0.25, 0.3) is 0 Å². The van der Waals surface area contributed by atoms with Crippen LogP contribution in [0, 0.1) is 0 Å². The third-order valence-electron chi connectivity index (χ3n) is 4.70. The summed E-state index contributed by atoms with van der Waals surface area (Å²) in [5, 5.41) is 0. The highest BCUT2D eigenvalue weighted by atomic mass is 32.2. The molecular weight excluding hydrogens is 392 g/mol. The van der Waals surface area contributed by atoms with E-state index in [9.17, 15) is 4.79 Å². The molecule has 0 bridgehead atoms. The minimum Gasteiger partial charge on any atom is -0.494 e. The number of benzene rings is 3. The smallest absolute Gasteiger partial charge is 0.166 e. The molecule has 0 N–H and O–H groups in total. The van der Waals surface area contributed by atoms with Crippen molar-refractivity contribution < 1.29 is 14.3 Å². The first-order chi connectivity index (χ1) is 14.6. The summed E-state index contributed by atoms with van der Waals surface area (Å²) in [4.78, 5) is 15.5. The average Bonchev–Trinajstić information content (AvgIpc) is 2.78. The molecule has 0 aromatic heterocycles. The van der Waals surface area contributed by atoms with Crippen LogP contribution < -0.4 is 9.47 Å². The summed E-state index contributed by atoms with van der Waals surface area (Å²) in [6.45, 7) is 7.20. The fourth-order valence-electron chi connectivity index (χ4n) is 3.18. The molecule has 0 saturated heterocycles. The van der Waals surface area contributed by atoms with Crippen molar-refractivity contribution in [3.63, 3.8) is 0 Å². The summed E-state index contributed by atoms with van der Waals surface area (Å²) in [6.07, 6.45) is 1.07. The van der Waals surface area contributed by atoms with Crippen LogP contribution in [0.4, 0.5) is 0 Å². The monoisotopic (exact) mass is 421 g/mol. The Morgan fingerprint density at radius 2 is 1.07 bits per heavy atom. The van der Waals surface area contributed by atoms with Crippen LogP contribution in [0.1, 0.15) is 32.8 Å². The van der Waals surface area contributed by atoms with Gasteiger partial charge in [-0.05, 0) is 80.1 Å². The first-order valence-corrected chi connectivity index (χ1v) is 11.7. The van der Waals surface area contributed by atoms with Gasteiger partial charge in [-0.15, -0.1) is 0 Å². The Labute approximate surface area is 182 Å². The minimum atomic E-state index is -0.258. The molecule has 30 heavy (non-hydrogen) atoms. The zero-order chi connectivity index (χ0) is 21.3. The predicted octanol–water partition coefficient (Wildman–Crippen LogP) is 6.10. The highest BCUT2D eigenvalue weighted by Crippen LogP contribution is 2.33. The Hall–Kier alpha value is -2.72. The van der Waals surface area contributed by atoms with Crippen molar-refractivity contribution in [3.05, 3.63) is 78.4 Å². The SMILES string of the molecule is CCOc1ccc([S+](c2ccc(CC(=O)CC)cc2)c2ccc(OCC)cc2)cc1. The number of carbonyl (C=O) groups excluding carboxylic acids is 1. The molecule has 3 rings (SSSR count). The molecule has 3 aromatic carbocycles. The molecule has 0 unspecified atom stereocenters. The Morgan fingerprint density at radius 1 is 0.667 bits per heavy atom. The van der Waals surface area contributed by atoms with Gasteiger partial charge in [0.25, 0.3) is 0 Å². The standard InChI is InChI=1S/C26H29O3S/c1-4-21(27)19-20-7-13-24(14-8-20)30(25-15-9-22(10-16-25)28-5-2)26-17-11-23(12-18-26)29-6-3/h7-18H,4-6,19H2,1-3H3/q+1. The summed E-state index contributed by atoms with van der Waals surface area (Å²) in [5.74, 6) is 2.02. The maximum Gasteiger partial charge on any atom is 0.166 e. The van der Waals surface area contributed by atoms with Gasteiger partial charge in [-0.1, -0.05) is 19.1 Å². The fourth-order valence-corrected chi connectivity index (χ4v) is 5.22. The second-order valence-corrected chi connectivity index (χ2v) is 8.85. The van der Waals surface area contributed by atoms with Gasteiger partial charge in [-0.3, -0.25) is 4.79 Å². The average molecular weight is 422 g/mol. The molecular formula is C26H29O3S+. The third-order valence-corrected chi connectivity index (χ3v) is 6.93. The van der Waals surface area contributed by atoms with E-state index < -0.39 is 0 Å². The Morgan fingerprint density at radius 3 is 1.43 bits per heavy atom. The highest BCUT2D eigenvalue weighted by Gasteiger charge is 2.28. The van der Waals surface area contributed by atoms with Crippen molar-refractivity contribution >= 4 is 16.7 Å². The van der Waals surface area contributed by atoms with Crippen LogP contribution in [0.2, 0.25) is 0 Å². The fraction of sp³-hybridized carbons (Fsp3) is 0.269. The van der Waals surface area contributed by atoms with E-state index in [1.165, 1.54) is 14.7 Å². The van der Waals surface area contributed by atoms with E-state index >= 15 is 0 Å².